The Balaban J connectivity index is 2.48. The molecule has 0 saturated carbocycles. The average Bonchev–Trinajstić information content (AvgIpc) is 2.33. The third-order valence-electron chi connectivity index (χ3n) is 2.69. The van der Waals surface area contributed by atoms with Crippen LogP contribution in [0.25, 0.3) is 11.0 Å². The van der Waals surface area contributed by atoms with Crippen LogP contribution in [0.2, 0.25) is 0 Å². The molecule has 0 saturated heterocycles. The SMILES string of the molecule is CC(C)OP(C)(=O)Oc1ccc2c(C(F)(F)F)cc(=O)oc2c1. The first-order valence-corrected chi connectivity index (χ1v) is 8.57. The van der Waals surface area contributed by atoms with Gasteiger partial charge in [-0.3, -0.25) is 4.52 Å². The highest BCUT2D eigenvalue weighted by atomic mass is 31.2. The summed E-state index contributed by atoms with van der Waals surface area (Å²) in [6.45, 7) is 4.56. The standard InChI is InChI=1S/C14H14F3O5P/c1-8(2)21-23(3,19)22-9-4-5-10-11(14(15,16)17)7-13(18)20-12(10)6-9/h4-8H,1-3H3. The van der Waals surface area contributed by atoms with Crippen molar-refractivity contribution in [2.24, 2.45) is 0 Å². The summed E-state index contributed by atoms with van der Waals surface area (Å²) in [4.78, 5) is 11.3. The Morgan fingerprint density at radius 3 is 2.43 bits per heavy atom. The fourth-order valence-electron chi connectivity index (χ4n) is 2.03. The van der Waals surface area contributed by atoms with Crippen molar-refractivity contribution in [3.8, 4) is 5.75 Å². The van der Waals surface area contributed by atoms with Gasteiger partial charge in [-0.2, -0.15) is 13.2 Å². The Kier molecular flexibility index (Phi) is 4.59. The lowest BCUT2D eigenvalue weighted by Crippen LogP contribution is -2.11. The van der Waals surface area contributed by atoms with Gasteiger partial charge in [0.1, 0.15) is 11.3 Å². The lowest BCUT2D eigenvalue weighted by Gasteiger charge is -2.18. The lowest BCUT2D eigenvalue weighted by molar-refractivity contribution is -0.136. The fourth-order valence-corrected chi connectivity index (χ4v) is 3.34. The minimum atomic E-state index is -4.70. The van der Waals surface area contributed by atoms with Gasteiger partial charge >= 0.3 is 19.4 Å². The molecule has 0 aliphatic heterocycles. The number of alkyl halides is 3. The zero-order valence-corrected chi connectivity index (χ0v) is 13.4. The van der Waals surface area contributed by atoms with E-state index in [2.05, 4.69) is 0 Å². The summed E-state index contributed by atoms with van der Waals surface area (Å²) in [5.41, 5.74) is -2.56. The van der Waals surface area contributed by atoms with Gasteiger partial charge < -0.3 is 8.94 Å². The molecule has 1 atom stereocenters. The van der Waals surface area contributed by atoms with Crippen LogP contribution in [0.5, 0.6) is 5.75 Å². The van der Waals surface area contributed by atoms with Crippen LogP contribution in [0, 0.1) is 0 Å². The summed E-state index contributed by atoms with van der Waals surface area (Å²) in [5.74, 6) is -0.0218. The van der Waals surface area contributed by atoms with E-state index in [0.717, 1.165) is 12.1 Å². The van der Waals surface area contributed by atoms with E-state index in [1.165, 1.54) is 12.7 Å². The van der Waals surface area contributed by atoms with E-state index in [-0.39, 0.29) is 22.8 Å². The topological polar surface area (TPSA) is 65.7 Å². The molecule has 1 aromatic carbocycles. The molecule has 126 valence electrons. The number of rotatable bonds is 4. The van der Waals surface area contributed by atoms with Gasteiger partial charge in [0.15, 0.2) is 0 Å². The second-order valence-corrected chi connectivity index (χ2v) is 7.09. The van der Waals surface area contributed by atoms with Crippen LogP contribution in [0.15, 0.2) is 33.5 Å². The first kappa shape index (κ1) is 17.6. The van der Waals surface area contributed by atoms with Gasteiger partial charge in [0.25, 0.3) is 0 Å². The maximum Gasteiger partial charge on any atom is 0.417 e. The molecule has 1 heterocycles. The van der Waals surface area contributed by atoms with E-state index >= 15 is 0 Å². The van der Waals surface area contributed by atoms with E-state index in [4.69, 9.17) is 13.5 Å². The molecule has 23 heavy (non-hydrogen) atoms. The highest BCUT2D eigenvalue weighted by Crippen LogP contribution is 2.46. The summed E-state index contributed by atoms with van der Waals surface area (Å²) < 4.78 is 66.0. The Bertz CT molecular complexity index is 825. The second kappa shape index (κ2) is 6.02. The first-order valence-electron chi connectivity index (χ1n) is 6.58. The van der Waals surface area contributed by atoms with Crippen molar-refractivity contribution in [3.63, 3.8) is 0 Å². The summed E-state index contributed by atoms with van der Waals surface area (Å²) in [6, 6.07) is 3.75. The van der Waals surface area contributed by atoms with Gasteiger partial charge in [-0.05, 0) is 26.0 Å². The van der Waals surface area contributed by atoms with Crippen molar-refractivity contribution >= 4 is 18.6 Å². The van der Waals surface area contributed by atoms with E-state index < -0.39 is 25.0 Å². The molecule has 0 amide bonds. The molecule has 9 heteroatoms. The minimum absolute atomic E-state index is 0.0218. The molecule has 0 radical (unpaired) electrons. The van der Waals surface area contributed by atoms with E-state index in [0.29, 0.717) is 6.07 Å². The highest BCUT2D eigenvalue weighted by Gasteiger charge is 2.34. The molecular formula is C14H14F3O5P. The van der Waals surface area contributed by atoms with Crippen LogP contribution in [-0.4, -0.2) is 12.8 Å². The molecule has 0 aliphatic rings. The number of benzene rings is 1. The first-order chi connectivity index (χ1) is 10.5. The Morgan fingerprint density at radius 2 is 1.87 bits per heavy atom. The van der Waals surface area contributed by atoms with Crippen molar-refractivity contribution in [1.29, 1.82) is 0 Å². The molecule has 5 nitrogen and oxygen atoms in total. The minimum Gasteiger partial charge on any atom is -0.424 e. The summed E-state index contributed by atoms with van der Waals surface area (Å²) in [5, 5.41) is -0.292. The number of halogens is 3. The van der Waals surface area contributed by atoms with Gasteiger partial charge in [-0.15, -0.1) is 0 Å². The van der Waals surface area contributed by atoms with Gasteiger partial charge in [0.2, 0.25) is 0 Å². The number of hydrogen-bond acceptors (Lipinski definition) is 5. The smallest absolute Gasteiger partial charge is 0.417 e. The van der Waals surface area contributed by atoms with Crippen LogP contribution in [-0.2, 0) is 15.3 Å². The van der Waals surface area contributed by atoms with Crippen LogP contribution in [0.4, 0.5) is 13.2 Å². The number of fused-ring (bicyclic) bond motifs is 1. The molecule has 0 bridgehead atoms. The zero-order chi connectivity index (χ0) is 17.4. The van der Waals surface area contributed by atoms with Crippen LogP contribution >= 0.6 is 7.60 Å². The molecule has 0 aliphatic carbocycles. The normalized spacial score (nSPS) is 14.9. The zero-order valence-electron chi connectivity index (χ0n) is 12.5. The third kappa shape index (κ3) is 4.36. The van der Waals surface area contributed by atoms with Crippen molar-refractivity contribution in [2.75, 3.05) is 6.66 Å². The summed E-state index contributed by atoms with van der Waals surface area (Å²) >= 11 is 0. The quantitative estimate of drug-likeness (QED) is 0.602. The van der Waals surface area contributed by atoms with E-state index in [1.54, 1.807) is 13.8 Å². The summed E-state index contributed by atoms with van der Waals surface area (Å²) in [7, 11) is -3.45. The molecule has 2 rings (SSSR count). The van der Waals surface area contributed by atoms with Gasteiger partial charge in [-0.1, -0.05) is 0 Å². The predicted molar refractivity (Wildman–Crippen MR) is 77.9 cm³/mol. The van der Waals surface area contributed by atoms with Crippen molar-refractivity contribution in [1.82, 2.24) is 0 Å². The summed E-state index contributed by atoms with van der Waals surface area (Å²) in [6.07, 6.45) is -5.06. The largest absolute Gasteiger partial charge is 0.424 e. The average molecular weight is 350 g/mol. The highest BCUT2D eigenvalue weighted by molar-refractivity contribution is 7.53. The van der Waals surface area contributed by atoms with Crippen molar-refractivity contribution in [3.05, 3.63) is 40.2 Å². The molecular weight excluding hydrogens is 336 g/mol. The second-order valence-electron chi connectivity index (χ2n) is 5.15. The Hall–Kier alpha value is -1.79. The molecule has 0 spiro atoms. The third-order valence-corrected chi connectivity index (χ3v) is 4.04. The van der Waals surface area contributed by atoms with Crippen molar-refractivity contribution < 1.29 is 31.2 Å². The van der Waals surface area contributed by atoms with Gasteiger partial charge in [0, 0.05) is 24.2 Å². The van der Waals surface area contributed by atoms with Gasteiger partial charge in [-0.25, -0.2) is 9.36 Å². The van der Waals surface area contributed by atoms with Crippen molar-refractivity contribution in [2.45, 2.75) is 26.1 Å². The molecule has 1 unspecified atom stereocenters. The van der Waals surface area contributed by atoms with Crippen LogP contribution in [0.3, 0.4) is 0 Å². The predicted octanol–water partition coefficient (Wildman–Crippen LogP) is 4.44. The monoisotopic (exact) mass is 350 g/mol. The van der Waals surface area contributed by atoms with Crippen LogP contribution in [0.1, 0.15) is 19.4 Å². The van der Waals surface area contributed by atoms with E-state index in [9.17, 15) is 22.5 Å². The molecule has 0 N–H and O–H groups in total. The van der Waals surface area contributed by atoms with Crippen LogP contribution < -0.4 is 10.1 Å². The maximum absolute atomic E-state index is 12.9. The molecule has 0 fully saturated rings. The fraction of sp³-hybridized carbons (Fsp3) is 0.357. The Labute approximate surface area is 129 Å². The van der Waals surface area contributed by atoms with Gasteiger partial charge in [0.05, 0.1) is 11.7 Å². The number of hydrogen-bond donors (Lipinski definition) is 0. The maximum atomic E-state index is 12.9. The lowest BCUT2D eigenvalue weighted by atomic mass is 10.1. The van der Waals surface area contributed by atoms with E-state index in [1.807, 2.05) is 0 Å². The Morgan fingerprint density at radius 1 is 1.22 bits per heavy atom. The molecule has 1 aromatic heterocycles. The molecule has 2 aromatic rings.